The fraction of sp³-hybridized carbons (Fsp3) is 0.556. The molecule has 16 heavy (non-hydrogen) atoms. The van der Waals surface area contributed by atoms with Gasteiger partial charge in [-0.2, -0.15) is 13.2 Å². The second-order valence-corrected chi connectivity index (χ2v) is 3.68. The van der Waals surface area contributed by atoms with Crippen molar-refractivity contribution in [3.8, 4) is 0 Å². The molecule has 1 heterocycles. The summed E-state index contributed by atoms with van der Waals surface area (Å²) < 4.78 is 38.2. The Labute approximate surface area is 95.2 Å². The molecule has 1 rings (SSSR count). The van der Waals surface area contributed by atoms with Gasteiger partial charge in [0.1, 0.15) is 11.9 Å². The van der Waals surface area contributed by atoms with Crippen LogP contribution in [0.3, 0.4) is 0 Å². The van der Waals surface area contributed by atoms with Crippen LogP contribution in [0.25, 0.3) is 0 Å². The zero-order chi connectivity index (χ0) is 12.5. The second kappa shape index (κ2) is 4.45. The van der Waals surface area contributed by atoms with E-state index in [1.54, 1.807) is 6.92 Å². The molecular formula is C9H10ClF3N2O. The highest BCUT2D eigenvalue weighted by Gasteiger charge is 2.35. The van der Waals surface area contributed by atoms with Crippen LogP contribution in [0, 0.1) is 6.92 Å². The molecule has 0 aliphatic heterocycles. The summed E-state index contributed by atoms with van der Waals surface area (Å²) in [6.45, 7) is 3.06. The number of aryl methyl sites for hydroxylation is 1. The Balaban J connectivity index is 3.15. The van der Waals surface area contributed by atoms with E-state index in [4.69, 9.17) is 11.6 Å². The number of rotatable bonds is 3. The Morgan fingerprint density at radius 1 is 1.62 bits per heavy atom. The third kappa shape index (κ3) is 2.55. The number of carbonyl (C=O) groups excluding carboxylic acids is 1. The molecule has 0 spiro atoms. The number of nitrogens with zero attached hydrogens (tertiary/aromatic N) is 2. The number of imidazole rings is 1. The van der Waals surface area contributed by atoms with E-state index in [0.29, 0.717) is 6.42 Å². The Morgan fingerprint density at radius 3 is 2.50 bits per heavy atom. The van der Waals surface area contributed by atoms with Gasteiger partial charge in [0, 0.05) is 6.20 Å². The average molecular weight is 255 g/mol. The Hall–Kier alpha value is -1.04. The highest BCUT2D eigenvalue weighted by atomic mass is 35.5. The van der Waals surface area contributed by atoms with Gasteiger partial charge in [-0.1, -0.05) is 6.92 Å². The van der Waals surface area contributed by atoms with Crippen LogP contribution in [-0.4, -0.2) is 14.8 Å². The van der Waals surface area contributed by atoms with Crippen LogP contribution < -0.4 is 0 Å². The van der Waals surface area contributed by atoms with Gasteiger partial charge in [0.05, 0.1) is 0 Å². The van der Waals surface area contributed by atoms with E-state index in [1.807, 2.05) is 0 Å². The number of carbonyl (C=O) groups is 1. The normalized spacial score (nSPS) is 13.9. The summed E-state index contributed by atoms with van der Waals surface area (Å²) in [5, 5.41) is -0.697. The maximum absolute atomic E-state index is 12.4. The minimum absolute atomic E-state index is 0.119. The summed E-state index contributed by atoms with van der Waals surface area (Å²) in [6, 6.07) is -0.801. The fourth-order valence-corrected chi connectivity index (χ4v) is 1.66. The lowest BCUT2D eigenvalue weighted by atomic mass is 10.2. The molecule has 0 fully saturated rings. The first-order valence-corrected chi connectivity index (χ1v) is 4.97. The summed E-state index contributed by atoms with van der Waals surface area (Å²) in [4.78, 5) is 14.4. The van der Waals surface area contributed by atoms with Crippen molar-refractivity contribution in [2.45, 2.75) is 32.5 Å². The van der Waals surface area contributed by atoms with Crippen molar-refractivity contribution in [3.63, 3.8) is 0 Å². The van der Waals surface area contributed by atoms with E-state index < -0.39 is 23.2 Å². The molecule has 1 aromatic rings. The average Bonchev–Trinajstić information content (AvgIpc) is 2.48. The molecule has 0 saturated heterocycles. The number of hydrogen-bond acceptors (Lipinski definition) is 2. The van der Waals surface area contributed by atoms with Crippen LogP contribution in [0.1, 0.15) is 30.9 Å². The van der Waals surface area contributed by atoms with Crippen molar-refractivity contribution in [3.05, 3.63) is 17.7 Å². The molecule has 0 N–H and O–H groups in total. The lowest BCUT2D eigenvalue weighted by molar-refractivity contribution is -0.141. The van der Waals surface area contributed by atoms with Crippen molar-refractivity contribution in [2.24, 2.45) is 0 Å². The predicted molar refractivity (Wildman–Crippen MR) is 52.2 cm³/mol. The van der Waals surface area contributed by atoms with Crippen molar-refractivity contribution in [1.29, 1.82) is 0 Å². The third-order valence-corrected chi connectivity index (χ3v) is 2.44. The van der Waals surface area contributed by atoms with Gasteiger partial charge in [-0.15, -0.1) is 0 Å². The lowest BCUT2D eigenvalue weighted by Gasteiger charge is -2.12. The standard InChI is InChI=1S/C9H10ClF3N2O/c1-3-6(8(10)16)15-4-7(9(11,12)13)14-5(15)2/h4,6H,3H2,1-2H3. The molecular weight excluding hydrogens is 245 g/mol. The molecule has 0 aliphatic rings. The van der Waals surface area contributed by atoms with Gasteiger partial charge in [-0.3, -0.25) is 4.79 Å². The quantitative estimate of drug-likeness (QED) is 0.778. The largest absolute Gasteiger partial charge is 0.434 e. The molecule has 1 aromatic heterocycles. The van der Waals surface area contributed by atoms with E-state index in [0.717, 1.165) is 10.8 Å². The first-order chi connectivity index (χ1) is 7.27. The minimum Gasteiger partial charge on any atom is -0.323 e. The SMILES string of the molecule is CCC(C(=O)Cl)n1cc(C(F)(F)F)nc1C. The minimum atomic E-state index is -4.51. The van der Waals surface area contributed by atoms with Gasteiger partial charge in [-0.05, 0) is 24.9 Å². The van der Waals surface area contributed by atoms with E-state index in [-0.39, 0.29) is 5.82 Å². The highest BCUT2D eigenvalue weighted by molar-refractivity contribution is 6.64. The third-order valence-electron chi connectivity index (χ3n) is 2.19. The summed E-state index contributed by atoms with van der Waals surface area (Å²) in [5.74, 6) is 0.119. The van der Waals surface area contributed by atoms with Crippen LogP contribution in [0.15, 0.2) is 6.20 Å². The summed E-state index contributed by atoms with van der Waals surface area (Å²) in [7, 11) is 0. The van der Waals surface area contributed by atoms with E-state index >= 15 is 0 Å². The van der Waals surface area contributed by atoms with E-state index in [9.17, 15) is 18.0 Å². The molecule has 90 valence electrons. The maximum Gasteiger partial charge on any atom is 0.434 e. The van der Waals surface area contributed by atoms with Gasteiger partial charge < -0.3 is 4.57 Å². The fourth-order valence-electron chi connectivity index (χ4n) is 1.40. The summed E-state index contributed by atoms with van der Waals surface area (Å²) >= 11 is 5.31. The highest BCUT2D eigenvalue weighted by Crippen LogP contribution is 2.30. The first-order valence-electron chi connectivity index (χ1n) is 4.59. The van der Waals surface area contributed by atoms with Crippen molar-refractivity contribution < 1.29 is 18.0 Å². The van der Waals surface area contributed by atoms with Gasteiger partial charge in [-0.25, -0.2) is 4.98 Å². The monoisotopic (exact) mass is 254 g/mol. The number of alkyl halides is 3. The Morgan fingerprint density at radius 2 is 2.19 bits per heavy atom. The first kappa shape index (κ1) is 13.0. The van der Waals surface area contributed by atoms with Crippen LogP contribution in [0.4, 0.5) is 13.2 Å². The summed E-state index contributed by atoms with van der Waals surface area (Å²) in [6.07, 6.45) is -3.38. The zero-order valence-corrected chi connectivity index (χ0v) is 9.43. The number of hydrogen-bond donors (Lipinski definition) is 0. The van der Waals surface area contributed by atoms with Crippen molar-refractivity contribution in [2.75, 3.05) is 0 Å². The van der Waals surface area contributed by atoms with Crippen LogP contribution in [0.5, 0.6) is 0 Å². The lowest BCUT2D eigenvalue weighted by Crippen LogP contribution is -2.15. The van der Waals surface area contributed by atoms with E-state index in [1.165, 1.54) is 6.92 Å². The molecule has 0 saturated carbocycles. The second-order valence-electron chi connectivity index (χ2n) is 3.31. The molecule has 0 aliphatic carbocycles. The van der Waals surface area contributed by atoms with Crippen LogP contribution in [0.2, 0.25) is 0 Å². The molecule has 3 nitrogen and oxygen atoms in total. The molecule has 0 bridgehead atoms. The van der Waals surface area contributed by atoms with Gasteiger partial charge in [0.15, 0.2) is 5.69 Å². The number of halogens is 4. The Kier molecular flexibility index (Phi) is 3.62. The van der Waals surface area contributed by atoms with Crippen LogP contribution >= 0.6 is 11.6 Å². The van der Waals surface area contributed by atoms with Crippen LogP contribution in [-0.2, 0) is 11.0 Å². The maximum atomic E-state index is 12.4. The summed E-state index contributed by atoms with van der Waals surface area (Å²) in [5.41, 5.74) is -1.01. The van der Waals surface area contributed by atoms with Gasteiger partial charge in [0.2, 0.25) is 5.24 Å². The smallest absolute Gasteiger partial charge is 0.323 e. The van der Waals surface area contributed by atoms with Gasteiger partial charge >= 0.3 is 6.18 Å². The predicted octanol–water partition coefficient (Wildman–Crippen LogP) is 2.93. The molecule has 1 unspecified atom stereocenters. The van der Waals surface area contributed by atoms with Crippen molar-refractivity contribution in [1.82, 2.24) is 9.55 Å². The van der Waals surface area contributed by atoms with Crippen molar-refractivity contribution >= 4 is 16.8 Å². The van der Waals surface area contributed by atoms with Gasteiger partial charge in [0.25, 0.3) is 0 Å². The Bertz CT molecular complexity index is 400. The molecule has 7 heteroatoms. The topological polar surface area (TPSA) is 34.9 Å². The molecule has 1 atom stereocenters. The zero-order valence-electron chi connectivity index (χ0n) is 8.68. The van der Waals surface area contributed by atoms with E-state index in [2.05, 4.69) is 4.98 Å². The molecule has 0 amide bonds. The molecule has 0 radical (unpaired) electrons. The number of aromatic nitrogens is 2. The molecule has 0 aromatic carbocycles.